The fraction of sp³-hybridized carbons (Fsp3) is 0.412. The number of imidazole rings is 1. The number of H-pyrrole nitrogens is 1. The molecular formula is C17H20ClN3OS. The minimum absolute atomic E-state index is 0.201. The highest BCUT2D eigenvalue weighted by Crippen LogP contribution is 2.24. The number of rotatable bonds is 4. The number of amides is 1. The highest BCUT2D eigenvalue weighted by atomic mass is 35.5. The Balaban J connectivity index is 1.58. The number of benzene rings is 1. The van der Waals surface area contributed by atoms with Crippen molar-refractivity contribution in [2.45, 2.75) is 37.4 Å². The van der Waals surface area contributed by atoms with E-state index in [1.54, 1.807) is 6.20 Å². The Kier molecular flexibility index (Phi) is 5.28. The van der Waals surface area contributed by atoms with E-state index in [-0.39, 0.29) is 5.91 Å². The van der Waals surface area contributed by atoms with Crippen molar-refractivity contribution in [2.75, 3.05) is 12.3 Å². The van der Waals surface area contributed by atoms with Crippen molar-refractivity contribution in [2.24, 2.45) is 0 Å². The van der Waals surface area contributed by atoms with Crippen LogP contribution in [0.25, 0.3) is 11.3 Å². The standard InChI is InChI=1S/C17H20ClN3OS/c1-12-4-2-3-9-21(12)16(22)11-23-17-19-10-15(20-17)13-5-7-14(18)8-6-13/h5-8,10,12H,2-4,9,11H2,1H3,(H,19,20)/t12-/m0/s1. The van der Waals surface area contributed by atoms with Gasteiger partial charge in [0.25, 0.3) is 0 Å². The number of halogens is 1. The first-order valence-corrected chi connectivity index (χ1v) is 9.23. The van der Waals surface area contributed by atoms with Gasteiger partial charge in [0.05, 0.1) is 17.6 Å². The maximum Gasteiger partial charge on any atom is 0.233 e. The summed E-state index contributed by atoms with van der Waals surface area (Å²) >= 11 is 7.36. The summed E-state index contributed by atoms with van der Waals surface area (Å²) in [6, 6.07) is 7.96. The molecule has 4 nitrogen and oxygen atoms in total. The molecule has 0 unspecified atom stereocenters. The Morgan fingerprint density at radius 2 is 2.17 bits per heavy atom. The first kappa shape index (κ1) is 16.4. The van der Waals surface area contributed by atoms with Gasteiger partial charge in [-0.2, -0.15) is 0 Å². The molecule has 23 heavy (non-hydrogen) atoms. The molecule has 122 valence electrons. The van der Waals surface area contributed by atoms with E-state index < -0.39 is 0 Å². The molecule has 2 aromatic rings. The number of aromatic nitrogens is 2. The van der Waals surface area contributed by atoms with E-state index >= 15 is 0 Å². The SMILES string of the molecule is C[C@H]1CCCCN1C(=O)CSc1ncc(-c2ccc(Cl)cc2)[nH]1. The van der Waals surface area contributed by atoms with Crippen LogP contribution < -0.4 is 0 Å². The van der Waals surface area contributed by atoms with Crippen LogP contribution in [0.2, 0.25) is 5.02 Å². The minimum atomic E-state index is 0.201. The van der Waals surface area contributed by atoms with Crippen LogP contribution in [0.1, 0.15) is 26.2 Å². The van der Waals surface area contributed by atoms with E-state index in [1.807, 2.05) is 29.2 Å². The van der Waals surface area contributed by atoms with Gasteiger partial charge in [-0.25, -0.2) is 4.98 Å². The van der Waals surface area contributed by atoms with Crippen LogP contribution in [0, 0.1) is 0 Å². The fourth-order valence-electron chi connectivity index (χ4n) is 2.83. The third kappa shape index (κ3) is 4.09. The number of thioether (sulfide) groups is 1. The van der Waals surface area contributed by atoms with Crippen LogP contribution in [0.3, 0.4) is 0 Å². The van der Waals surface area contributed by atoms with Gasteiger partial charge in [0.2, 0.25) is 5.91 Å². The summed E-state index contributed by atoms with van der Waals surface area (Å²) in [4.78, 5) is 22.0. The van der Waals surface area contributed by atoms with Crippen molar-refractivity contribution in [3.8, 4) is 11.3 Å². The molecule has 1 aromatic carbocycles. The Hall–Kier alpha value is -1.46. The molecule has 1 aromatic heterocycles. The lowest BCUT2D eigenvalue weighted by atomic mass is 10.0. The number of hydrogen-bond donors (Lipinski definition) is 1. The van der Waals surface area contributed by atoms with Gasteiger partial charge < -0.3 is 9.88 Å². The van der Waals surface area contributed by atoms with Crippen molar-refractivity contribution in [3.05, 3.63) is 35.5 Å². The lowest BCUT2D eigenvalue weighted by molar-refractivity contribution is -0.131. The Bertz CT molecular complexity index is 671. The van der Waals surface area contributed by atoms with Gasteiger partial charge in [-0.15, -0.1) is 0 Å². The highest BCUT2D eigenvalue weighted by Gasteiger charge is 2.23. The van der Waals surface area contributed by atoms with Gasteiger partial charge >= 0.3 is 0 Å². The van der Waals surface area contributed by atoms with E-state index in [9.17, 15) is 4.79 Å². The van der Waals surface area contributed by atoms with Crippen molar-refractivity contribution >= 4 is 29.3 Å². The van der Waals surface area contributed by atoms with Crippen LogP contribution in [0.4, 0.5) is 0 Å². The number of piperidine rings is 1. The summed E-state index contributed by atoms with van der Waals surface area (Å²) in [5, 5.41) is 1.48. The first-order valence-electron chi connectivity index (χ1n) is 7.86. The largest absolute Gasteiger partial charge is 0.339 e. The molecular weight excluding hydrogens is 330 g/mol. The lowest BCUT2D eigenvalue weighted by Crippen LogP contribution is -2.42. The van der Waals surface area contributed by atoms with Crippen LogP contribution in [-0.2, 0) is 4.79 Å². The van der Waals surface area contributed by atoms with Crippen LogP contribution in [0.15, 0.2) is 35.6 Å². The fourth-order valence-corrected chi connectivity index (χ4v) is 3.70. The molecule has 0 aliphatic carbocycles. The summed E-state index contributed by atoms with van der Waals surface area (Å²) in [5.41, 5.74) is 1.97. The second-order valence-electron chi connectivity index (χ2n) is 5.83. The van der Waals surface area contributed by atoms with E-state index in [1.165, 1.54) is 18.2 Å². The van der Waals surface area contributed by atoms with Crippen LogP contribution in [-0.4, -0.2) is 39.1 Å². The molecule has 1 saturated heterocycles. The third-order valence-electron chi connectivity index (χ3n) is 4.16. The van der Waals surface area contributed by atoms with Crippen molar-refractivity contribution in [3.63, 3.8) is 0 Å². The second-order valence-corrected chi connectivity index (χ2v) is 7.23. The molecule has 0 spiro atoms. The quantitative estimate of drug-likeness (QED) is 0.840. The Morgan fingerprint density at radius 3 is 2.91 bits per heavy atom. The molecule has 6 heteroatoms. The smallest absolute Gasteiger partial charge is 0.233 e. The molecule has 1 atom stereocenters. The first-order chi connectivity index (χ1) is 11.1. The predicted octanol–water partition coefficient (Wildman–Crippen LogP) is 4.22. The van der Waals surface area contributed by atoms with Crippen LogP contribution >= 0.6 is 23.4 Å². The molecule has 0 bridgehead atoms. The summed E-state index contributed by atoms with van der Waals surface area (Å²) in [6.07, 6.45) is 5.24. The van der Waals surface area contributed by atoms with Gasteiger partial charge in [-0.05, 0) is 43.9 Å². The molecule has 1 N–H and O–H groups in total. The zero-order valence-corrected chi connectivity index (χ0v) is 14.7. The number of carbonyl (C=O) groups excluding carboxylic acids is 1. The summed E-state index contributed by atoms with van der Waals surface area (Å²) in [6.45, 7) is 3.02. The molecule has 2 heterocycles. The normalized spacial score (nSPS) is 18.2. The van der Waals surface area contributed by atoms with E-state index in [2.05, 4.69) is 16.9 Å². The van der Waals surface area contributed by atoms with E-state index in [0.717, 1.165) is 35.8 Å². The summed E-state index contributed by atoms with van der Waals surface area (Å²) in [7, 11) is 0. The Labute approximate surface area is 145 Å². The number of nitrogens with one attached hydrogen (secondary N) is 1. The predicted molar refractivity (Wildman–Crippen MR) is 94.8 cm³/mol. The molecule has 0 saturated carbocycles. The van der Waals surface area contributed by atoms with E-state index in [4.69, 9.17) is 11.6 Å². The zero-order chi connectivity index (χ0) is 16.2. The number of nitrogens with zero attached hydrogens (tertiary/aromatic N) is 2. The number of hydrogen-bond acceptors (Lipinski definition) is 3. The zero-order valence-electron chi connectivity index (χ0n) is 13.1. The van der Waals surface area contributed by atoms with Crippen molar-refractivity contribution in [1.29, 1.82) is 0 Å². The monoisotopic (exact) mass is 349 g/mol. The Morgan fingerprint density at radius 1 is 1.39 bits per heavy atom. The van der Waals surface area contributed by atoms with Crippen molar-refractivity contribution in [1.82, 2.24) is 14.9 Å². The molecule has 0 radical (unpaired) electrons. The third-order valence-corrected chi connectivity index (χ3v) is 5.29. The average molecular weight is 350 g/mol. The molecule has 1 aliphatic heterocycles. The van der Waals surface area contributed by atoms with Gasteiger partial charge in [-0.3, -0.25) is 4.79 Å². The minimum Gasteiger partial charge on any atom is -0.339 e. The molecule has 1 aliphatic rings. The van der Waals surface area contributed by atoms with E-state index in [0.29, 0.717) is 16.8 Å². The topological polar surface area (TPSA) is 49.0 Å². The van der Waals surface area contributed by atoms with Crippen LogP contribution in [0.5, 0.6) is 0 Å². The van der Waals surface area contributed by atoms with Crippen molar-refractivity contribution < 1.29 is 4.79 Å². The summed E-state index contributed by atoms with van der Waals surface area (Å²) < 4.78 is 0. The molecule has 1 fully saturated rings. The molecule has 1 amide bonds. The highest BCUT2D eigenvalue weighted by molar-refractivity contribution is 7.99. The maximum absolute atomic E-state index is 12.3. The lowest BCUT2D eigenvalue weighted by Gasteiger charge is -2.33. The van der Waals surface area contributed by atoms with Gasteiger partial charge in [0.15, 0.2) is 5.16 Å². The maximum atomic E-state index is 12.3. The average Bonchev–Trinajstić information content (AvgIpc) is 3.03. The van der Waals surface area contributed by atoms with Gasteiger partial charge in [0, 0.05) is 17.6 Å². The number of likely N-dealkylation sites (tertiary alicyclic amines) is 1. The molecule has 3 rings (SSSR count). The second kappa shape index (κ2) is 7.41. The van der Waals surface area contributed by atoms with Gasteiger partial charge in [0.1, 0.15) is 0 Å². The van der Waals surface area contributed by atoms with Gasteiger partial charge in [-0.1, -0.05) is 35.5 Å². The number of carbonyl (C=O) groups is 1. The summed E-state index contributed by atoms with van der Waals surface area (Å²) in [5.74, 6) is 0.629. The number of aromatic amines is 1.